The summed E-state index contributed by atoms with van der Waals surface area (Å²) in [7, 11) is 0. The molecule has 0 radical (unpaired) electrons. The van der Waals surface area contributed by atoms with Gasteiger partial charge < -0.3 is 5.32 Å². The van der Waals surface area contributed by atoms with Crippen molar-refractivity contribution < 1.29 is 0 Å². The van der Waals surface area contributed by atoms with Crippen LogP contribution in [0.25, 0.3) is 0 Å². The van der Waals surface area contributed by atoms with E-state index in [0.717, 1.165) is 22.4 Å². The predicted molar refractivity (Wildman–Crippen MR) is 72.9 cm³/mol. The second kappa shape index (κ2) is 6.18. The summed E-state index contributed by atoms with van der Waals surface area (Å²) in [6, 6.07) is 3.74. The molecule has 7 heteroatoms. The molecule has 0 saturated carbocycles. The first kappa shape index (κ1) is 12.6. The first-order valence-corrected chi connectivity index (χ1v) is 7.22. The molecule has 2 heterocycles. The predicted octanol–water partition coefficient (Wildman–Crippen LogP) is 3.31. The van der Waals surface area contributed by atoms with Crippen LogP contribution in [0, 0.1) is 0 Å². The molecule has 4 nitrogen and oxygen atoms in total. The Morgan fingerprint density at radius 1 is 1.47 bits per heavy atom. The highest BCUT2D eigenvalue weighted by Crippen LogP contribution is 2.26. The molecule has 90 valence electrons. The zero-order valence-corrected chi connectivity index (χ0v) is 11.6. The highest BCUT2D eigenvalue weighted by atomic mass is 35.5. The highest BCUT2D eigenvalue weighted by Gasteiger charge is 2.06. The summed E-state index contributed by atoms with van der Waals surface area (Å²) in [6.07, 6.45) is 1.55. The number of halogens is 1. The van der Waals surface area contributed by atoms with Crippen LogP contribution in [0.15, 0.2) is 22.8 Å². The van der Waals surface area contributed by atoms with Gasteiger partial charge in [-0.2, -0.15) is 4.37 Å². The van der Waals surface area contributed by atoms with Crippen LogP contribution >= 0.6 is 34.9 Å². The van der Waals surface area contributed by atoms with Gasteiger partial charge in [0.05, 0.1) is 10.7 Å². The molecule has 0 aromatic carbocycles. The van der Waals surface area contributed by atoms with Crippen molar-refractivity contribution in [1.82, 2.24) is 14.3 Å². The molecule has 0 atom stereocenters. The van der Waals surface area contributed by atoms with Crippen molar-refractivity contribution >= 4 is 40.7 Å². The summed E-state index contributed by atoms with van der Waals surface area (Å²) in [4.78, 5) is 8.56. The van der Waals surface area contributed by atoms with E-state index in [1.807, 2.05) is 19.1 Å². The van der Waals surface area contributed by atoms with Crippen molar-refractivity contribution in [2.45, 2.75) is 17.0 Å². The molecule has 1 N–H and O–H groups in total. The standard InChI is InChI=1S/C10H11ClN4S2/c1-2-12-9-4-3-7(11)8(15-9)5-16-10-13-6-14-17-10/h3-4,6H,2,5H2,1H3,(H,12,15). The number of thioether (sulfide) groups is 1. The van der Waals surface area contributed by atoms with Gasteiger partial charge in [-0.1, -0.05) is 23.4 Å². The van der Waals surface area contributed by atoms with E-state index in [1.165, 1.54) is 11.5 Å². The van der Waals surface area contributed by atoms with Crippen LogP contribution in [0.1, 0.15) is 12.6 Å². The second-order valence-electron chi connectivity index (χ2n) is 3.15. The molecule has 0 aliphatic heterocycles. The number of hydrogen-bond donors (Lipinski definition) is 1. The monoisotopic (exact) mass is 286 g/mol. The minimum Gasteiger partial charge on any atom is -0.370 e. The zero-order valence-electron chi connectivity index (χ0n) is 9.18. The molecule has 0 aliphatic rings. The molecule has 0 aliphatic carbocycles. The van der Waals surface area contributed by atoms with E-state index in [2.05, 4.69) is 19.7 Å². The molecule has 17 heavy (non-hydrogen) atoms. The maximum atomic E-state index is 6.10. The van der Waals surface area contributed by atoms with Crippen molar-refractivity contribution in [3.63, 3.8) is 0 Å². The zero-order chi connectivity index (χ0) is 12.1. The van der Waals surface area contributed by atoms with Gasteiger partial charge in [0, 0.05) is 12.3 Å². The molecule has 0 unspecified atom stereocenters. The fraction of sp³-hybridized carbons (Fsp3) is 0.300. The maximum Gasteiger partial charge on any atom is 0.170 e. The van der Waals surface area contributed by atoms with Gasteiger partial charge in [0.2, 0.25) is 0 Å². The second-order valence-corrected chi connectivity index (χ2v) is 5.56. The molecular weight excluding hydrogens is 276 g/mol. The lowest BCUT2D eigenvalue weighted by molar-refractivity contribution is 1.11. The van der Waals surface area contributed by atoms with Crippen LogP contribution in [-0.2, 0) is 5.75 Å². The van der Waals surface area contributed by atoms with Crippen LogP contribution < -0.4 is 5.32 Å². The number of nitrogens with zero attached hydrogens (tertiary/aromatic N) is 3. The summed E-state index contributed by atoms with van der Waals surface area (Å²) in [5.41, 5.74) is 0.866. The van der Waals surface area contributed by atoms with E-state index in [0.29, 0.717) is 10.8 Å². The maximum absolute atomic E-state index is 6.10. The Balaban J connectivity index is 2.06. The van der Waals surface area contributed by atoms with E-state index in [4.69, 9.17) is 11.6 Å². The van der Waals surface area contributed by atoms with Crippen molar-refractivity contribution in [2.24, 2.45) is 0 Å². The number of rotatable bonds is 5. The molecule has 2 aromatic rings. The van der Waals surface area contributed by atoms with E-state index >= 15 is 0 Å². The third kappa shape index (κ3) is 3.55. The Bertz CT molecular complexity index is 475. The summed E-state index contributed by atoms with van der Waals surface area (Å²) < 4.78 is 4.88. The number of nitrogens with one attached hydrogen (secondary N) is 1. The SMILES string of the molecule is CCNc1ccc(Cl)c(CSc2ncns2)n1. The molecule has 0 bridgehead atoms. The van der Waals surface area contributed by atoms with E-state index < -0.39 is 0 Å². The van der Waals surface area contributed by atoms with Gasteiger partial charge in [-0.05, 0) is 30.6 Å². The molecule has 0 spiro atoms. The molecule has 0 saturated heterocycles. The van der Waals surface area contributed by atoms with Crippen LogP contribution in [0.3, 0.4) is 0 Å². The molecule has 0 amide bonds. The van der Waals surface area contributed by atoms with Crippen LogP contribution in [0.5, 0.6) is 0 Å². The fourth-order valence-electron chi connectivity index (χ4n) is 1.22. The van der Waals surface area contributed by atoms with Crippen molar-refractivity contribution in [3.05, 3.63) is 29.2 Å². The lowest BCUT2D eigenvalue weighted by Crippen LogP contribution is -2.01. The number of anilines is 1. The highest BCUT2D eigenvalue weighted by molar-refractivity contribution is 8.00. The quantitative estimate of drug-likeness (QED) is 0.855. The van der Waals surface area contributed by atoms with Gasteiger partial charge >= 0.3 is 0 Å². The van der Waals surface area contributed by atoms with Gasteiger partial charge in [-0.3, -0.25) is 0 Å². The molecule has 0 fully saturated rings. The van der Waals surface area contributed by atoms with E-state index in [9.17, 15) is 0 Å². The summed E-state index contributed by atoms with van der Waals surface area (Å²) in [5.74, 6) is 1.55. The average molecular weight is 287 g/mol. The lowest BCUT2D eigenvalue weighted by atomic mass is 10.3. The van der Waals surface area contributed by atoms with E-state index in [-0.39, 0.29) is 0 Å². The van der Waals surface area contributed by atoms with Crippen molar-refractivity contribution in [2.75, 3.05) is 11.9 Å². The minimum absolute atomic E-state index is 0.684. The minimum atomic E-state index is 0.684. The van der Waals surface area contributed by atoms with Crippen LogP contribution in [0.4, 0.5) is 5.82 Å². The smallest absolute Gasteiger partial charge is 0.170 e. The molecule has 2 rings (SSSR count). The van der Waals surface area contributed by atoms with Gasteiger partial charge in [0.1, 0.15) is 12.1 Å². The topological polar surface area (TPSA) is 50.7 Å². The van der Waals surface area contributed by atoms with Crippen molar-refractivity contribution in [1.29, 1.82) is 0 Å². The summed E-state index contributed by atoms with van der Waals surface area (Å²) >= 11 is 9.07. The Morgan fingerprint density at radius 3 is 3.06 bits per heavy atom. The number of aromatic nitrogens is 3. The number of pyridine rings is 1. The van der Waals surface area contributed by atoms with Gasteiger partial charge in [-0.15, -0.1) is 0 Å². The number of hydrogen-bond acceptors (Lipinski definition) is 6. The molecular formula is C10H11ClN4S2. The van der Waals surface area contributed by atoms with E-state index in [1.54, 1.807) is 18.1 Å². The molecule has 2 aromatic heterocycles. The van der Waals surface area contributed by atoms with Gasteiger partial charge in [0.15, 0.2) is 4.34 Å². The van der Waals surface area contributed by atoms with Crippen molar-refractivity contribution in [3.8, 4) is 0 Å². The Labute approximate surface area is 113 Å². The van der Waals surface area contributed by atoms with Gasteiger partial charge in [0.25, 0.3) is 0 Å². The van der Waals surface area contributed by atoms with Crippen LogP contribution in [-0.4, -0.2) is 20.9 Å². The Morgan fingerprint density at radius 2 is 2.35 bits per heavy atom. The normalized spacial score (nSPS) is 10.5. The van der Waals surface area contributed by atoms with Gasteiger partial charge in [-0.25, -0.2) is 9.97 Å². The third-order valence-corrected chi connectivity index (χ3v) is 4.10. The summed E-state index contributed by atoms with van der Waals surface area (Å²) in [6.45, 7) is 2.88. The average Bonchev–Trinajstić information content (AvgIpc) is 2.83. The Kier molecular flexibility index (Phi) is 4.58. The fourth-order valence-corrected chi connectivity index (χ4v) is 2.87. The summed E-state index contributed by atoms with van der Waals surface area (Å²) in [5, 5.41) is 3.85. The lowest BCUT2D eigenvalue weighted by Gasteiger charge is -2.06. The van der Waals surface area contributed by atoms with Crippen LogP contribution in [0.2, 0.25) is 5.02 Å². The Hall–Kier alpha value is -0.850. The third-order valence-electron chi connectivity index (χ3n) is 1.95. The largest absolute Gasteiger partial charge is 0.370 e. The first-order chi connectivity index (χ1) is 8.29. The first-order valence-electron chi connectivity index (χ1n) is 5.08.